The smallest absolute Gasteiger partial charge is 0.123 e. The molecule has 0 bridgehead atoms. The highest BCUT2D eigenvalue weighted by atomic mass is 16.3. The Balaban J connectivity index is 1.63. The van der Waals surface area contributed by atoms with Crippen molar-refractivity contribution in [2.24, 2.45) is 0 Å². The molecule has 0 fully saturated rings. The van der Waals surface area contributed by atoms with Crippen molar-refractivity contribution in [3.63, 3.8) is 0 Å². The van der Waals surface area contributed by atoms with Crippen LogP contribution in [-0.4, -0.2) is 10.2 Å². The van der Waals surface area contributed by atoms with Crippen LogP contribution in [0.2, 0.25) is 0 Å². The van der Waals surface area contributed by atoms with Crippen molar-refractivity contribution in [3.8, 4) is 33.8 Å². The molecular weight excluding hydrogens is 416 g/mol. The van der Waals surface area contributed by atoms with Crippen molar-refractivity contribution >= 4 is 0 Å². The summed E-state index contributed by atoms with van der Waals surface area (Å²) in [7, 11) is 0. The average molecular weight is 443 g/mol. The van der Waals surface area contributed by atoms with Gasteiger partial charge in [0, 0.05) is 17.0 Å². The normalized spacial score (nSPS) is 11.0. The van der Waals surface area contributed by atoms with Crippen LogP contribution in [0.3, 0.4) is 0 Å². The largest absolute Gasteiger partial charge is 0.507 e. The van der Waals surface area contributed by atoms with Crippen molar-refractivity contribution in [1.82, 2.24) is 0 Å². The Bertz CT molecular complexity index is 1290. The topological polar surface area (TPSA) is 40.5 Å². The van der Waals surface area contributed by atoms with Gasteiger partial charge in [-0.15, -0.1) is 0 Å². The van der Waals surface area contributed by atoms with Crippen LogP contribution in [0.5, 0.6) is 11.5 Å². The van der Waals surface area contributed by atoms with Crippen LogP contribution >= 0.6 is 0 Å². The molecule has 2 nitrogen and oxygen atoms in total. The van der Waals surface area contributed by atoms with Gasteiger partial charge in [-0.3, -0.25) is 0 Å². The predicted octanol–water partition coefficient (Wildman–Crippen LogP) is 7.81. The summed E-state index contributed by atoms with van der Waals surface area (Å²) >= 11 is 0. The number of aromatic hydroxyl groups is 2. The average Bonchev–Trinajstić information content (AvgIpc) is 2.90. The van der Waals surface area contributed by atoms with E-state index >= 15 is 0 Å². The first-order valence-corrected chi connectivity index (χ1v) is 11.5. The fraction of sp³-hybridized carbons (Fsp3) is 0.0625. The number of phenols is 2. The Hall–Kier alpha value is -4.30. The summed E-state index contributed by atoms with van der Waals surface area (Å²) < 4.78 is 0. The molecular formula is C32H26O2. The van der Waals surface area contributed by atoms with Gasteiger partial charge in [-0.25, -0.2) is 0 Å². The molecule has 2 N–H and O–H groups in total. The summed E-state index contributed by atoms with van der Waals surface area (Å²) in [5, 5.41) is 21.3. The second-order valence-corrected chi connectivity index (χ2v) is 8.53. The Labute approximate surface area is 200 Å². The Morgan fingerprint density at radius 3 is 1.32 bits per heavy atom. The monoisotopic (exact) mass is 442 g/mol. The van der Waals surface area contributed by atoms with E-state index in [4.69, 9.17) is 0 Å². The minimum absolute atomic E-state index is 0.0496. The number of rotatable bonds is 6. The Morgan fingerprint density at radius 2 is 0.882 bits per heavy atom. The van der Waals surface area contributed by atoms with Gasteiger partial charge in [0.15, 0.2) is 0 Å². The van der Waals surface area contributed by atoms with Gasteiger partial charge in [0.1, 0.15) is 11.5 Å². The van der Waals surface area contributed by atoms with Crippen LogP contribution in [-0.2, 0) is 6.42 Å². The summed E-state index contributed by atoms with van der Waals surface area (Å²) in [5.41, 5.74) is 7.06. The standard InChI is InChI=1S/C32H26O2/c33-31-18-16-26(21-29(31)24-12-6-2-7-13-24)28(20-23-10-4-1-5-11-23)27-17-19-32(34)30(22-27)25-14-8-3-9-15-25/h1-19,21-22,28,33-34H,20H2. The van der Waals surface area contributed by atoms with Gasteiger partial charge in [-0.05, 0) is 58.5 Å². The van der Waals surface area contributed by atoms with Crippen LogP contribution in [0.4, 0.5) is 0 Å². The summed E-state index contributed by atoms with van der Waals surface area (Å²) in [6, 6.07) is 42.1. The SMILES string of the molecule is Oc1ccc(C(Cc2ccccc2)c2ccc(O)c(-c3ccccc3)c2)cc1-c1ccccc1. The summed E-state index contributed by atoms with van der Waals surface area (Å²) in [5.74, 6) is 0.585. The number of hydrogen-bond donors (Lipinski definition) is 2. The van der Waals surface area contributed by atoms with Gasteiger partial charge in [-0.2, -0.15) is 0 Å². The molecule has 0 aromatic heterocycles. The number of phenolic OH excluding ortho intramolecular Hbond substituents is 2. The minimum Gasteiger partial charge on any atom is -0.507 e. The molecule has 166 valence electrons. The van der Waals surface area contributed by atoms with E-state index in [1.165, 1.54) is 5.56 Å². The quantitative estimate of drug-likeness (QED) is 0.282. The molecule has 0 unspecified atom stereocenters. The van der Waals surface area contributed by atoms with E-state index in [0.717, 1.165) is 39.8 Å². The molecule has 5 rings (SSSR count). The molecule has 0 radical (unpaired) electrons. The second-order valence-electron chi connectivity index (χ2n) is 8.53. The van der Waals surface area contributed by atoms with Gasteiger partial charge < -0.3 is 10.2 Å². The van der Waals surface area contributed by atoms with Gasteiger partial charge in [0.25, 0.3) is 0 Å². The predicted molar refractivity (Wildman–Crippen MR) is 139 cm³/mol. The highest BCUT2D eigenvalue weighted by Crippen LogP contribution is 2.38. The Morgan fingerprint density at radius 1 is 0.471 bits per heavy atom. The molecule has 0 aliphatic heterocycles. The molecule has 0 saturated carbocycles. The fourth-order valence-corrected chi connectivity index (χ4v) is 4.52. The van der Waals surface area contributed by atoms with Crippen molar-refractivity contribution < 1.29 is 10.2 Å². The lowest BCUT2D eigenvalue weighted by molar-refractivity contribution is 0.477. The van der Waals surface area contributed by atoms with Crippen molar-refractivity contribution in [2.75, 3.05) is 0 Å². The third-order valence-electron chi connectivity index (χ3n) is 6.30. The van der Waals surface area contributed by atoms with Crippen LogP contribution in [0.25, 0.3) is 22.3 Å². The second kappa shape index (κ2) is 9.68. The highest BCUT2D eigenvalue weighted by molar-refractivity contribution is 5.73. The summed E-state index contributed by atoms with van der Waals surface area (Å²) in [4.78, 5) is 0. The van der Waals surface area contributed by atoms with E-state index < -0.39 is 0 Å². The van der Waals surface area contributed by atoms with Crippen molar-refractivity contribution in [3.05, 3.63) is 144 Å². The lowest BCUT2D eigenvalue weighted by Crippen LogP contribution is -2.06. The fourth-order valence-electron chi connectivity index (χ4n) is 4.52. The first-order chi connectivity index (χ1) is 16.7. The van der Waals surface area contributed by atoms with Crippen molar-refractivity contribution in [2.45, 2.75) is 12.3 Å². The number of benzene rings is 5. The zero-order chi connectivity index (χ0) is 23.3. The number of hydrogen-bond acceptors (Lipinski definition) is 2. The molecule has 0 amide bonds. The Kier molecular flexibility index (Phi) is 6.13. The molecule has 0 heterocycles. The van der Waals surface area contributed by atoms with Crippen LogP contribution in [0.15, 0.2) is 127 Å². The lowest BCUT2D eigenvalue weighted by atomic mass is 9.83. The van der Waals surface area contributed by atoms with Crippen LogP contribution in [0.1, 0.15) is 22.6 Å². The van der Waals surface area contributed by atoms with E-state index in [9.17, 15) is 10.2 Å². The molecule has 0 saturated heterocycles. The molecule has 2 heteroatoms. The zero-order valence-electron chi connectivity index (χ0n) is 18.8. The van der Waals surface area contributed by atoms with E-state index in [-0.39, 0.29) is 17.4 Å². The molecule has 34 heavy (non-hydrogen) atoms. The maximum atomic E-state index is 10.6. The summed E-state index contributed by atoms with van der Waals surface area (Å²) in [6.45, 7) is 0. The highest BCUT2D eigenvalue weighted by Gasteiger charge is 2.19. The van der Waals surface area contributed by atoms with E-state index in [0.29, 0.717) is 0 Å². The van der Waals surface area contributed by atoms with Crippen LogP contribution < -0.4 is 0 Å². The minimum atomic E-state index is 0.0496. The third-order valence-corrected chi connectivity index (χ3v) is 6.30. The van der Waals surface area contributed by atoms with E-state index in [1.54, 1.807) is 12.1 Å². The maximum absolute atomic E-state index is 10.6. The van der Waals surface area contributed by atoms with Gasteiger partial charge >= 0.3 is 0 Å². The zero-order valence-corrected chi connectivity index (χ0v) is 18.8. The molecule has 5 aromatic rings. The van der Waals surface area contributed by atoms with Crippen molar-refractivity contribution in [1.29, 1.82) is 0 Å². The molecule has 0 aliphatic rings. The third kappa shape index (κ3) is 4.57. The lowest BCUT2D eigenvalue weighted by Gasteiger charge is -2.21. The molecule has 0 aliphatic carbocycles. The first kappa shape index (κ1) is 21.5. The molecule has 0 spiro atoms. The van der Waals surface area contributed by atoms with E-state index in [2.05, 4.69) is 36.4 Å². The first-order valence-electron chi connectivity index (χ1n) is 11.5. The van der Waals surface area contributed by atoms with Gasteiger partial charge in [0.2, 0.25) is 0 Å². The molecule has 5 aromatic carbocycles. The van der Waals surface area contributed by atoms with Gasteiger partial charge in [0.05, 0.1) is 0 Å². The maximum Gasteiger partial charge on any atom is 0.123 e. The molecule has 0 atom stereocenters. The summed E-state index contributed by atoms with van der Waals surface area (Å²) in [6.07, 6.45) is 0.804. The van der Waals surface area contributed by atoms with Crippen LogP contribution in [0, 0.1) is 0 Å². The van der Waals surface area contributed by atoms with Gasteiger partial charge in [-0.1, -0.05) is 103 Å². The van der Waals surface area contributed by atoms with E-state index in [1.807, 2.05) is 78.9 Å².